The van der Waals surface area contributed by atoms with Crippen molar-refractivity contribution in [1.29, 1.82) is 0 Å². The summed E-state index contributed by atoms with van der Waals surface area (Å²) in [5.41, 5.74) is 3.69. The standard InChI is InChI=1S/C23H24N4O4/c1-16-2-6-18(7-3-16)24-21(28)15-27-22(29)20(25-23(27)30)14-17-4-8-19(9-5-17)26-10-12-31-13-11-26/h2-9,14H,10-13,15H2,1H3,(H,24,28)(H,25,30)/b20-14+. The highest BCUT2D eigenvalue weighted by Gasteiger charge is 2.34. The number of hydrogen-bond acceptors (Lipinski definition) is 5. The number of carbonyl (C=O) groups is 3. The minimum atomic E-state index is -0.611. The topological polar surface area (TPSA) is 91.0 Å². The van der Waals surface area contributed by atoms with Crippen molar-refractivity contribution in [2.75, 3.05) is 43.1 Å². The molecular formula is C23H24N4O4. The SMILES string of the molecule is Cc1ccc(NC(=O)CN2C(=O)N/C(=C/c3ccc(N4CCOCC4)cc3)C2=O)cc1. The Bertz CT molecular complexity index is 1010. The van der Waals surface area contributed by atoms with E-state index in [-0.39, 0.29) is 12.2 Å². The molecule has 0 aromatic heterocycles. The minimum Gasteiger partial charge on any atom is -0.378 e. The maximum absolute atomic E-state index is 12.6. The number of aryl methyl sites for hydroxylation is 1. The van der Waals surface area contributed by atoms with Crippen LogP contribution in [0.15, 0.2) is 54.2 Å². The fourth-order valence-electron chi connectivity index (χ4n) is 3.47. The molecule has 8 heteroatoms. The van der Waals surface area contributed by atoms with Crippen molar-refractivity contribution in [2.24, 2.45) is 0 Å². The fourth-order valence-corrected chi connectivity index (χ4v) is 3.47. The van der Waals surface area contributed by atoms with Crippen LogP contribution in [-0.2, 0) is 14.3 Å². The Hall–Kier alpha value is -3.65. The molecule has 2 N–H and O–H groups in total. The fraction of sp³-hybridized carbons (Fsp3) is 0.261. The van der Waals surface area contributed by atoms with E-state index in [4.69, 9.17) is 4.74 Å². The smallest absolute Gasteiger partial charge is 0.329 e. The Balaban J connectivity index is 1.39. The van der Waals surface area contributed by atoms with Crippen molar-refractivity contribution in [2.45, 2.75) is 6.92 Å². The highest BCUT2D eigenvalue weighted by Crippen LogP contribution is 2.19. The molecule has 2 aliphatic rings. The van der Waals surface area contributed by atoms with Gasteiger partial charge in [0.1, 0.15) is 12.2 Å². The van der Waals surface area contributed by atoms with Gasteiger partial charge in [0, 0.05) is 24.5 Å². The molecule has 8 nitrogen and oxygen atoms in total. The van der Waals surface area contributed by atoms with Gasteiger partial charge < -0.3 is 20.3 Å². The zero-order valence-electron chi connectivity index (χ0n) is 17.3. The van der Waals surface area contributed by atoms with E-state index >= 15 is 0 Å². The summed E-state index contributed by atoms with van der Waals surface area (Å²) >= 11 is 0. The molecule has 31 heavy (non-hydrogen) atoms. The van der Waals surface area contributed by atoms with Gasteiger partial charge in [-0.05, 0) is 42.8 Å². The molecule has 0 atom stereocenters. The number of carbonyl (C=O) groups excluding carboxylic acids is 3. The van der Waals surface area contributed by atoms with E-state index in [1.165, 1.54) is 0 Å². The first-order valence-corrected chi connectivity index (χ1v) is 10.1. The molecule has 2 saturated heterocycles. The van der Waals surface area contributed by atoms with E-state index in [1.54, 1.807) is 18.2 Å². The number of rotatable bonds is 5. The zero-order chi connectivity index (χ0) is 21.8. The summed E-state index contributed by atoms with van der Waals surface area (Å²) in [5, 5.41) is 5.24. The van der Waals surface area contributed by atoms with Gasteiger partial charge in [-0.15, -0.1) is 0 Å². The Morgan fingerprint density at radius 1 is 1.06 bits per heavy atom. The molecule has 0 spiro atoms. The van der Waals surface area contributed by atoms with E-state index in [2.05, 4.69) is 15.5 Å². The molecule has 2 aromatic carbocycles. The van der Waals surface area contributed by atoms with E-state index in [1.807, 2.05) is 43.3 Å². The van der Waals surface area contributed by atoms with Crippen molar-refractivity contribution in [3.05, 3.63) is 65.4 Å². The first-order valence-electron chi connectivity index (χ1n) is 10.1. The lowest BCUT2D eigenvalue weighted by Crippen LogP contribution is -2.38. The van der Waals surface area contributed by atoms with Crippen molar-refractivity contribution in [1.82, 2.24) is 10.2 Å². The van der Waals surface area contributed by atoms with Gasteiger partial charge in [0.25, 0.3) is 5.91 Å². The molecule has 0 saturated carbocycles. The van der Waals surface area contributed by atoms with Crippen molar-refractivity contribution < 1.29 is 19.1 Å². The van der Waals surface area contributed by atoms with Crippen LogP contribution in [0.2, 0.25) is 0 Å². The number of morpholine rings is 1. The highest BCUT2D eigenvalue weighted by molar-refractivity contribution is 6.15. The quantitative estimate of drug-likeness (QED) is 0.573. The first-order chi connectivity index (χ1) is 15.0. The molecule has 2 aromatic rings. The van der Waals surface area contributed by atoms with Gasteiger partial charge in [-0.1, -0.05) is 29.8 Å². The van der Waals surface area contributed by atoms with Crippen LogP contribution in [0.1, 0.15) is 11.1 Å². The largest absolute Gasteiger partial charge is 0.378 e. The maximum Gasteiger partial charge on any atom is 0.329 e. The van der Waals surface area contributed by atoms with E-state index < -0.39 is 17.8 Å². The molecular weight excluding hydrogens is 396 g/mol. The molecule has 2 fully saturated rings. The molecule has 4 amide bonds. The second-order valence-electron chi connectivity index (χ2n) is 7.48. The third kappa shape index (κ3) is 4.92. The summed E-state index contributed by atoms with van der Waals surface area (Å²) in [5.74, 6) is -0.968. The van der Waals surface area contributed by atoms with Crippen molar-refractivity contribution in [3.8, 4) is 0 Å². The average Bonchev–Trinajstić information content (AvgIpc) is 3.04. The number of benzene rings is 2. The first kappa shape index (κ1) is 20.6. The number of ether oxygens (including phenoxy) is 1. The Labute approximate surface area is 180 Å². The lowest BCUT2D eigenvalue weighted by molar-refractivity contribution is -0.127. The predicted molar refractivity (Wildman–Crippen MR) is 118 cm³/mol. The molecule has 2 heterocycles. The van der Waals surface area contributed by atoms with Crippen LogP contribution in [0.25, 0.3) is 6.08 Å². The Morgan fingerprint density at radius 3 is 2.42 bits per heavy atom. The second-order valence-corrected chi connectivity index (χ2v) is 7.48. The highest BCUT2D eigenvalue weighted by atomic mass is 16.5. The van der Waals surface area contributed by atoms with E-state index in [9.17, 15) is 14.4 Å². The van der Waals surface area contributed by atoms with Gasteiger partial charge in [-0.2, -0.15) is 0 Å². The van der Waals surface area contributed by atoms with Gasteiger partial charge in [0.2, 0.25) is 5.91 Å². The number of nitrogens with zero attached hydrogens (tertiary/aromatic N) is 2. The normalized spacial score (nSPS) is 17.8. The minimum absolute atomic E-state index is 0.146. The summed E-state index contributed by atoms with van der Waals surface area (Å²) < 4.78 is 5.37. The summed E-state index contributed by atoms with van der Waals surface area (Å²) in [6, 6.07) is 14.4. The lowest BCUT2D eigenvalue weighted by Gasteiger charge is -2.28. The average molecular weight is 420 g/mol. The van der Waals surface area contributed by atoms with Crippen LogP contribution in [-0.4, -0.2) is 55.6 Å². The van der Waals surface area contributed by atoms with E-state index in [0.29, 0.717) is 18.9 Å². The van der Waals surface area contributed by atoms with Crippen LogP contribution in [0.4, 0.5) is 16.2 Å². The molecule has 0 unspecified atom stereocenters. The summed E-state index contributed by atoms with van der Waals surface area (Å²) in [6.45, 7) is 4.69. The molecule has 0 aliphatic carbocycles. The van der Waals surface area contributed by atoms with Crippen molar-refractivity contribution in [3.63, 3.8) is 0 Å². The summed E-state index contributed by atoms with van der Waals surface area (Å²) in [7, 11) is 0. The molecule has 0 bridgehead atoms. The number of urea groups is 1. The molecule has 4 rings (SSSR count). The molecule has 2 aliphatic heterocycles. The van der Waals surface area contributed by atoms with Crippen LogP contribution >= 0.6 is 0 Å². The summed E-state index contributed by atoms with van der Waals surface area (Å²) in [4.78, 5) is 40.3. The summed E-state index contributed by atoms with van der Waals surface area (Å²) in [6.07, 6.45) is 1.61. The molecule has 0 radical (unpaired) electrons. The number of imide groups is 1. The third-order valence-electron chi connectivity index (χ3n) is 5.18. The zero-order valence-corrected chi connectivity index (χ0v) is 17.3. The monoisotopic (exact) mass is 420 g/mol. The van der Waals surface area contributed by atoms with Crippen LogP contribution in [0.5, 0.6) is 0 Å². The number of amides is 4. The third-order valence-corrected chi connectivity index (χ3v) is 5.18. The van der Waals surface area contributed by atoms with Gasteiger partial charge in [0.05, 0.1) is 13.2 Å². The van der Waals surface area contributed by atoms with Gasteiger partial charge >= 0.3 is 6.03 Å². The molecule has 160 valence electrons. The number of hydrogen-bond donors (Lipinski definition) is 2. The van der Waals surface area contributed by atoms with E-state index in [0.717, 1.165) is 34.8 Å². The Morgan fingerprint density at radius 2 is 1.74 bits per heavy atom. The van der Waals surface area contributed by atoms with Gasteiger partial charge in [-0.3, -0.25) is 9.59 Å². The van der Waals surface area contributed by atoms with Crippen LogP contribution in [0, 0.1) is 6.92 Å². The number of nitrogens with one attached hydrogen (secondary N) is 2. The van der Waals surface area contributed by atoms with Crippen LogP contribution in [0.3, 0.4) is 0 Å². The van der Waals surface area contributed by atoms with Gasteiger partial charge in [-0.25, -0.2) is 9.69 Å². The lowest BCUT2D eigenvalue weighted by atomic mass is 10.1. The van der Waals surface area contributed by atoms with Crippen molar-refractivity contribution >= 4 is 35.3 Å². The predicted octanol–water partition coefficient (Wildman–Crippen LogP) is 2.36. The van der Waals surface area contributed by atoms with Gasteiger partial charge in [0.15, 0.2) is 0 Å². The second kappa shape index (κ2) is 9.01. The number of anilines is 2. The maximum atomic E-state index is 12.6. The Kier molecular flexibility index (Phi) is 5.99. The van der Waals surface area contributed by atoms with Crippen LogP contribution < -0.4 is 15.5 Å².